The van der Waals surface area contributed by atoms with Crippen molar-refractivity contribution in [2.75, 3.05) is 13.2 Å². The van der Waals surface area contributed by atoms with Gasteiger partial charge in [-0.15, -0.1) is 0 Å². The van der Waals surface area contributed by atoms with E-state index < -0.39 is 6.10 Å². The Morgan fingerprint density at radius 3 is 0.981 bits per heavy atom. The summed E-state index contributed by atoms with van der Waals surface area (Å²) in [6, 6.07) is 0. The second-order valence-electron chi connectivity index (χ2n) is 15.7. The van der Waals surface area contributed by atoms with Gasteiger partial charge in [-0.05, 0) is 70.6 Å². The van der Waals surface area contributed by atoms with Crippen molar-refractivity contribution >= 4 is 17.9 Å². The van der Waals surface area contributed by atoms with Crippen LogP contribution in [0.15, 0.2) is 24.3 Å². The van der Waals surface area contributed by atoms with E-state index in [1.54, 1.807) is 0 Å². The number of hydrogen-bond donors (Lipinski definition) is 0. The quantitative estimate of drug-likeness (QED) is 0.0267. The van der Waals surface area contributed by atoms with Gasteiger partial charge in [0.25, 0.3) is 0 Å². The maximum Gasteiger partial charge on any atom is 0.306 e. The van der Waals surface area contributed by atoms with Crippen molar-refractivity contribution in [3.63, 3.8) is 0 Å². The minimum Gasteiger partial charge on any atom is -0.462 e. The summed E-state index contributed by atoms with van der Waals surface area (Å²) in [5.41, 5.74) is 0. The van der Waals surface area contributed by atoms with E-state index in [9.17, 15) is 14.4 Å². The van der Waals surface area contributed by atoms with Crippen molar-refractivity contribution in [1.82, 2.24) is 0 Å². The fourth-order valence-electron chi connectivity index (χ4n) is 6.61. The first-order valence-electron chi connectivity index (χ1n) is 23.3. The summed E-state index contributed by atoms with van der Waals surface area (Å²) in [5, 5.41) is 0. The number of carbonyl (C=O) groups excluding carboxylic acids is 3. The van der Waals surface area contributed by atoms with Crippen molar-refractivity contribution in [3.05, 3.63) is 24.3 Å². The van der Waals surface area contributed by atoms with Gasteiger partial charge in [0.05, 0.1) is 0 Å². The Bertz CT molecular complexity index is 880. The fourth-order valence-corrected chi connectivity index (χ4v) is 6.61. The molecular weight excluding hydrogens is 673 g/mol. The van der Waals surface area contributed by atoms with Gasteiger partial charge in [-0.3, -0.25) is 14.4 Å². The van der Waals surface area contributed by atoms with Crippen molar-refractivity contribution in [2.24, 2.45) is 0 Å². The maximum absolute atomic E-state index is 12.7. The summed E-state index contributed by atoms with van der Waals surface area (Å²) in [6.45, 7) is 6.58. The summed E-state index contributed by atoms with van der Waals surface area (Å²) in [5.74, 6) is -0.888. The monoisotopic (exact) mass is 761 g/mol. The second-order valence-corrected chi connectivity index (χ2v) is 15.7. The molecule has 6 heteroatoms. The Labute approximate surface area is 334 Å². The number of esters is 3. The predicted octanol–water partition coefficient (Wildman–Crippen LogP) is 14.8. The molecule has 0 amide bonds. The highest BCUT2D eigenvalue weighted by atomic mass is 16.6. The SMILES string of the molecule is CCCCC/C=C\CCCCCCCC(=O)O[C@@H](COC(=O)CCCCCCC/C=C\CCCCCC)COC(=O)CCCCCCCCCCCCC. The van der Waals surface area contributed by atoms with Crippen molar-refractivity contribution in [1.29, 1.82) is 0 Å². The highest BCUT2D eigenvalue weighted by molar-refractivity contribution is 5.71. The van der Waals surface area contributed by atoms with E-state index in [0.717, 1.165) is 70.6 Å². The summed E-state index contributed by atoms with van der Waals surface area (Å²) in [6.07, 6.45) is 47.2. The molecule has 1 atom stereocenters. The van der Waals surface area contributed by atoms with Crippen LogP contribution in [0, 0.1) is 0 Å². The topological polar surface area (TPSA) is 78.9 Å². The first kappa shape index (κ1) is 51.9. The molecule has 0 heterocycles. The third kappa shape index (κ3) is 41.1. The molecule has 0 aromatic carbocycles. The molecule has 0 aromatic rings. The van der Waals surface area contributed by atoms with Crippen LogP contribution in [0.5, 0.6) is 0 Å². The largest absolute Gasteiger partial charge is 0.462 e. The van der Waals surface area contributed by atoms with Crippen LogP contribution in [0.25, 0.3) is 0 Å². The molecule has 6 nitrogen and oxygen atoms in total. The molecule has 0 aliphatic rings. The summed E-state index contributed by atoms with van der Waals surface area (Å²) in [4.78, 5) is 37.7. The Morgan fingerprint density at radius 2 is 0.611 bits per heavy atom. The Kier molecular flexibility index (Phi) is 41.9. The van der Waals surface area contributed by atoms with Gasteiger partial charge in [-0.25, -0.2) is 0 Å². The third-order valence-electron chi connectivity index (χ3n) is 10.2. The van der Waals surface area contributed by atoms with E-state index in [1.807, 2.05) is 0 Å². The fraction of sp³-hybridized carbons (Fsp3) is 0.854. The molecule has 0 saturated heterocycles. The van der Waals surface area contributed by atoms with Gasteiger partial charge in [0.15, 0.2) is 6.10 Å². The zero-order valence-corrected chi connectivity index (χ0v) is 36.0. The Balaban J connectivity index is 4.38. The maximum atomic E-state index is 12.7. The van der Waals surface area contributed by atoms with Crippen LogP contribution in [0.4, 0.5) is 0 Å². The summed E-state index contributed by atoms with van der Waals surface area (Å²) >= 11 is 0. The van der Waals surface area contributed by atoms with Gasteiger partial charge >= 0.3 is 17.9 Å². The van der Waals surface area contributed by atoms with Crippen molar-refractivity contribution < 1.29 is 28.6 Å². The van der Waals surface area contributed by atoms with E-state index in [-0.39, 0.29) is 31.1 Å². The van der Waals surface area contributed by atoms with Gasteiger partial charge in [0.1, 0.15) is 13.2 Å². The van der Waals surface area contributed by atoms with Crippen molar-refractivity contribution in [2.45, 2.75) is 252 Å². The number of allylic oxidation sites excluding steroid dienone is 4. The zero-order valence-electron chi connectivity index (χ0n) is 36.0. The van der Waals surface area contributed by atoms with Crippen LogP contribution in [0.2, 0.25) is 0 Å². The molecule has 0 aliphatic carbocycles. The van der Waals surface area contributed by atoms with Crippen molar-refractivity contribution in [3.8, 4) is 0 Å². The van der Waals surface area contributed by atoms with Gasteiger partial charge in [-0.2, -0.15) is 0 Å². The lowest BCUT2D eigenvalue weighted by Crippen LogP contribution is -2.30. The Morgan fingerprint density at radius 1 is 0.352 bits per heavy atom. The number of hydrogen-bond acceptors (Lipinski definition) is 6. The van der Waals surface area contributed by atoms with Crippen LogP contribution >= 0.6 is 0 Å². The Hall–Kier alpha value is -2.11. The highest BCUT2D eigenvalue weighted by Crippen LogP contribution is 2.14. The van der Waals surface area contributed by atoms with Gasteiger partial charge in [0.2, 0.25) is 0 Å². The minimum absolute atomic E-state index is 0.0744. The van der Waals surface area contributed by atoms with E-state index in [4.69, 9.17) is 14.2 Å². The lowest BCUT2D eigenvalue weighted by atomic mass is 10.1. The van der Waals surface area contributed by atoms with Crippen LogP contribution in [-0.4, -0.2) is 37.2 Å². The molecule has 0 rings (SSSR count). The van der Waals surface area contributed by atoms with Crippen LogP contribution in [0.1, 0.15) is 245 Å². The lowest BCUT2D eigenvalue weighted by Gasteiger charge is -2.18. The van der Waals surface area contributed by atoms with E-state index >= 15 is 0 Å². The van der Waals surface area contributed by atoms with E-state index in [0.29, 0.717) is 19.3 Å². The lowest BCUT2D eigenvalue weighted by molar-refractivity contribution is -0.167. The van der Waals surface area contributed by atoms with Crippen LogP contribution in [0.3, 0.4) is 0 Å². The number of ether oxygens (including phenoxy) is 3. The van der Waals surface area contributed by atoms with Crippen LogP contribution in [-0.2, 0) is 28.6 Å². The molecule has 0 spiro atoms. The first-order chi connectivity index (χ1) is 26.5. The van der Waals surface area contributed by atoms with Gasteiger partial charge < -0.3 is 14.2 Å². The standard InChI is InChI=1S/C48H88O6/c1-4-7-10-13-16-19-22-24-27-29-32-35-38-41-47(50)53-44-45(43-52-46(49)40-37-34-31-28-25-21-18-15-12-9-6-3)54-48(51)42-39-36-33-30-26-23-20-17-14-11-8-5-2/h17,19-20,22,45H,4-16,18,21,23-44H2,1-3H3/b20-17-,22-19-/t45-/m1/s1. The molecule has 0 unspecified atom stereocenters. The molecule has 0 fully saturated rings. The number of rotatable bonds is 42. The average Bonchev–Trinajstić information content (AvgIpc) is 3.17. The van der Waals surface area contributed by atoms with E-state index in [1.165, 1.54) is 135 Å². The van der Waals surface area contributed by atoms with E-state index in [2.05, 4.69) is 45.1 Å². The summed E-state index contributed by atoms with van der Waals surface area (Å²) < 4.78 is 16.7. The highest BCUT2D eigenvalue weighted by Gasteiger charge is 2.19. The zero-order chi connectivity index (χ0) is 39.4. The van der Waals surface area contributed by atoms with Crippen LogP contribution < -0.4 is 0 Å². The molecule has 0 N–H and O–H groups in total. The molecule has 54 heavy (non-hydrogen) atoms. The minimum atomic E-state index is -0.772. The molecule has 0 bridgehead atoms. The molecule has 0 aliphatic heterocycles. The normalized spacial score (nSPS) is 12.1. The number of carbonyl (C=O) groups is 3. The summed E-state index contributed by atoms with van der Waals surface area (Å²) in [7, 11) is 0. The first-order valence-corrected chi connectivity index (χ1v) is 23.3. The van der Waals surface area contributed by atoms with Gasteiger partial charge in [-0.1, -0.05) is 180 Å². The molecule has 316 valence electrons. The third-order valence-corrected chi connectivity index (χ3v) is 10.2. The molecule has 0 radical (unpaired) electrons. The predicted molar refractivity (Wildman–Crippen MR) is 229 cm³/mol. The second kappa shape index (κ2) is 43.6. The average molecular weight is 761 g/mol. The molecule has 0 aromatic heterocycles. The van der Waals surface area contributed by atoms with Gasteiger partial charge in [0, 0.05) is 19.3 Å². The number of unbranched alkanes of at least 4 members (excludes halogenated alkanes) is 27. The molecule has 0 saturated carbocycles. The molecular formula is C48H88O6. The smallest absolute Gasteiger partial charge is 0.306 e.